The Morgan fingerprint density at radius 2 is 1.73 bits per heavy atom. The molecule has 7 heteroatoms. The molecule has 0 fully saturated rings. The maximum absolute atomic E-state index is 12.9. The highest BCUT2D eigenvalue weighted by atomic mass is 32.2. The van der Waals surface area contributed by atoms with Crippen molar-refractivity contribution in [3.8, 4) is 5.75 Å². The first-order valence-corrected chi connectivity index (χ1v) is 9.43. The van der Waals surface area contributed by atoms with E-state index in [2.05, 4.69) is 4.98 Å². The van der Waals surface area contributed by atoms with Crippen LogP contribution >= 0.6 is 0 Å². The molecule has 0 spiro atoms. The van der Waals surface area contributed by atoms with Crippen LogP contribution in [-0.4, -0.2) is 33.6 Å². The van der Waals surface area contributed by atoms with E-state index in [-0.39, 0.29) is 16.3 Å². The Kier molecular flexibility index (Phi) is 4.90. The molecule has 0 N–H and O–H groups in total. The number of rotatable bonds is 5. The largest absolute Gasteiger partial charge is 0.497 e. The fraction of sp³-hybridized carbons (Fsp3) is 0.158. The Balaban J connectivity index is 2.09. The van der Waals surface area contributed by atoms with Crippen molar-refractivity contribution in [2.24, 2.45) is 0 Å². The monoisotopic (exact) mass is 371 g/mol. The highest BCUT2D eigenvalue weighted by Gasteiger charge is 2.26. The number of carbonyl (C=O) groups is 1. The highest BCUT2D eigenvalue weighted by molar-refractivity contribution is 7.90. The van der Waals surface area contributed by atoms with Gasteiger partial charge >= 0.3 is 5.97 Å². The smallest absolute Gasteiger partial charge is 0.340 e. The predicted octanol–water partition coefficient (Wildman–Crippen LogP) is 3.00. The Morgan fingerprint density at radius 1 is 1.04 bits per heavy atom. The fourth-order valence-corrected chi connectivity index (χ4v) is 4.08. The van der Waals surface area contributed by atoms with E-state index >= 15 is 0 Å². The van der Waals surface area contributed by atoms with E-state index in [1.807, 2.05) is 0 Å². The average molecular weight is 371 g/mol. The molecule has 0 aliphatic heterocycles. The van der Waals surface area contributed by atoms with Crippen molar-refractivity contribution in [3.05, 3.63) is 65.7 Å². The second kappa shape index (κ2) is 7.13. The van der Waals surface area contributed by atoms with Crippen LogP contribution in [0.2, 0.25) is 0 Å². The first-order valence-electron chi connectivity index (χ1n) is 7.78. The lowest BCUT2D eigenvalue weighted by Crippen LogP contribution is -2.15. The standard InChI is InChI=1S/C19H17NO5S/c1-24-15-9-7-13(8-10-15)12-26(22,23)18-16(19(21)25-2)11-14-5-3-4-6-17(14)20-18/h3-11H,12H2,1-2H3. The summed E-state index contributed by atoms with van der Waals surface area (Å²) in [4.78, 5) is 16.3. The number of nitrogens with zero attached hydrogens (tertiary/aromatic N) is 1. The number of sulfone groups is 1. The number of hydrogen-bond acceptors (Lipinski definition) is 6. The summed E-state index contributed by atoms with van der Waals surface area (Å²) in [7, 11) is -1.12. The lowest BCUT2D eigenvalue weighted by Gasteiger charge is -2.10. The molecule has 6 nitrogen and oxygen atoms in total. The third-order valence-electron chi connectivity index (χ3n) is 3.90. The van der Waals surface area contributed by atoms with Gasteiger partial charge in [-0.05, 0) is 29.8 Å². The van der Waals surface area contributed by atoms with Gasteiger partial charge in [-0.1, -0.05) is 30.3 Å². The molecule has 0 atom stereocenters. The summed E-state index contributed by atoms with van der Waals surface area (Å²) in [5.41, 5.74) is 0.991. The third-order valence-corrected chi connectivity index (χ3v) is 5.52. The Labute approximate surface area is 151 Å². The summed E-state index contributed by atoms with van der Waals surface area (Å²) in [5.74, 6) is -0.395. The van der Waals surface area contributed by atoms with Crippen molar-refractivity contribution in [3.63, 3.8) is 0 Å². The quantitative estimate of drug-likeness (QED) is 0.641. The van der Waals surface area contributed by atoms with Crippen molar-refractivity contribution >= 4 is 26.7 Å². The van der Waals surface area contributed by atoms with Gasteiger partial charge in [0.2, 0.25) is 9.84 Å². The van der Waals surface area contributed by atoms with Crippen molar-refractivity contribution in [1.82, 2.24) is 4.98 Å². The van der Waals surface area contributed by atoms with Crippen molar-refractivity contribution in [2.75, 3.05) is 14.2 Å². The fourth-order valence-electron chi connectivity index (χ4n) is 2.60. The van der Waals surface area contributed by atoms with Crippen molar-refractivity contribution in [2.45, 2.75) is 10.8 Å². The van der Waals surface area contributed by atoms with Crippen LogP contribution in [0.3, 0.4) is 0 Å². The number of methoxy groups -OCH3 is 2. The summed E-state index contributed by atoms with van der Waals surface area (Å²) in [6.45, 7) is 0. The van der Waals surface area contributed by atoms with E-state index in [9.17, 15) is 13.2 Å². The number of hydrogen-bond donors (Lipinski definition) is 0. The minimum Gasteiger partial charge on any atom is -0.497 e. The van der Waals surface area contributed by atoms with Gasteiger partial charge in [0.25, 0.3) is 0 Å². The molecule has 0 radical (unpaired) electrons. The maximum atomic E-state index is 12.9. The topological polar surface area (TPSA) is 82.6 Å². The summed E-state index contributed by atoms with van der Waals surface area (Å²) in [6.07, 6.45) is 0. The second-order valence-corrected chi connectivity index (χ2v) is 7.54. The molecular formula is C19H17NO5S. The molecule has 0 bridgehead atoms. The predicted molar refractivity (Wildman–Crippen MR) is 97.0 cm³/mol. The number of ether oxygens (including phenoxy) is 2. The van der Waals surface area contributed by atoms with E-state index in [0.29, 0.717) is 22.2 Å². The zero-order valence-corrected chi connectivity index (χ0v) is 15.1. The summed E-state index contributed by atoms with van der Waals surface area (Å²) >= 11 is 0. The molecule has 0 amide bonds. The normalized spacial score (nSPS) is 11.3. The molecule has 0 saturated heterocycles. The molecule has 3 aromatic rings. The molecule has 3 rings (SSSR count). The Hall–Kier alpha value is -2.93. The molecule has 2 aromatic carbocycles. The van der Waals surface area contributed by atoms with Gasteiger partial charge in [-0.15, -0.1) is 0 Å². The molecule has 0 saturated carbocycles. The lowest BCUT2D eigenvalue weighted by molar-refractivity contribution is 0.0595. The highest BCUT2D eigenvalue weighted by Crippen LogP contribution is 2.24. The van der Waals surface area contributed by atoms with Gasteiger partial charge in [-0.2, -0.15) is 0 Å². The minimum absolute atomic E-state index is 0.0697. The van der Waals surface area contributed by atoms with E-state index in [1.54, 1.807) is 48.5 Å². The summed E-state index contributed by atoms with van der Waals surface area (Å²) < 4.78 is 35.7. The number of benzene rings is 2. The van der Waals surface area contributed by atoms with E-state index in [1.165, 1.54) is 20.3 Å². The van der Waals surface area contributed by atoms with Gasteiger partial charge in [-0.3, -0.25) is 0 Å². The number of aromatic nitrogens is 1. The number of para-hydroxylation sites is 1. The Bertz CT molecular complexity index is 1060. The van der Waals surface area contributed by atoms with Crippen molar-refractivity contribution in [1.29, 1.82) is 0 Å². The molecule has 1 heterocycles. The van der Waals surface area contributed by atoms with Crippen LogP contribution in [0.1, 0.15) is 15.9 Å². The molecule has 0 aliphatic rings. The van der Waals surface area contributed by atoms with Crippen LogP contribution < -0.4 is 4.74 Å². The summed E-state index contributed by atoms with van der Waals surface area (Å²) in [6, 6.07) is 15.2. The SMILES string of the molecule is COC(=O)c1cc2ccccc2nc1S(=O)(=O)Cc1ccc(OC)cc1. The molecule has 0 unspecified atom stereocenters. The van der Waals surface area contributed by atoms with E-state index in [0.717, 1.165) is 0 Å². The first-order chi connectivity index (χ1) is 12.4. The zero-order chi connectivity index (χ0) is 18.7. The number of pyridine rings is 1. The van der Waals surface area contributed by atoms with Crippen LogP contribution in [0.15, 0.2) is 59.6 Å². The van der Waals surface area contributed by atoms with Crippen molar-refractivity contribution < 1.29 is 22.7 Å². The van der Waals surface area contributed by atoms with Gasteiger partial charge in [0.1, 0.15) is 5.75 Å². The molecule has 26 heavy (non-hydrogen) atoms. The van der Waals surface area contributed by atoms with Gasteiger partial charge < -0.3 is 9.47 Å². The first kappa shape index (κ1) is 17.9. The van der Waals surface area contributed by atoms with Crippen LogP contribution in [-0.2, 0) is 20.3 Å². The molecule has 1 aromatic heterocycles. The van der Waals surface area contributed by atoms with Gasteiger partial charge in [0.05, 0.1) is 31.1 Å². The number of fused-ring (bicyclic) bond motifs is 1. The zero-order valence-electron chi connectivity index (χ0n) is 14.3. The van der Waals surface area contributed by atoms with Crippen LogP contribution in [0.4, 0.5) is 0 Å². The molecule has 134 valence electrons. The average Bonchev–Trinajstić information content (AvgIpc) is 2.66. The number of carbonyl (C=O) groups excluding carboxylic acids is 1. The van der Waals surface area contributed by atoms with Crippen LogP contribution in [0.5, 0.6) is 5.75 Å². The van der Waals surface area contributed by atoms with E-state index < -0.39 is 15.8 Å². The van der Waals surface area contributed by atoms with Gasteiger partial charge in [0, 0.05) is 5.39 Å². The summed E-state index contributed by atoms with van der Waals surface area (Å²) in [5, 5.41) is 0.384. The van der Waals surface area contributed by atoms with Crippen LogP contribution in [0.25, 0.3) is 10.9 Å². The second-order valence-electron chi connectivity index (χ2n) is 5.63. The number of esters is 1. The van der Waals surface area contributed by atoms with Crippen LogP contribution in [0, 0.1) is 0 Å². The third kappa shape index (κ3) is 3.52. The van der Waals surface area contributed by atoms with E-state index in [4.69, 9.17) is 9.47 Å². The maximum Gasteiger partial charge on any atom is 0.340 e. The lowest BCUT2D eigenvalue weighted by atomic mass is 10.1. The van der Waals surface area contributed by atoms with Gasteiger partial charge in [-0.25, -0.2) is 18.2 Å². The minimum atomic E-state index is -3.86. The Morgan fingerprint density at radius 3 is 2.38 bits per heavy atom. The molecular weight excluding hydrogens is 354 g/mol. The molecule has 0 aliphatic carbocycles. The van der Waals surface area contributed by atoms with Gasteiger partial charge in [0.15, 0.2) is 5.03 Å².